The number of nitrogens with two attached hydrogens (primary N) is 3. The van der Waals surface area contributed by atoms with Crippen LogP contribution in [0.15, 0.2) is 0 Å². The first-order chi connectivity index (χ1) is 27.6. The minimum Gasteiger partial charge on any atom is -0.481 e. The number of nitrogens with one attached hydrogen (secondary N) is 7. The zero-order chi connectivity index (χ0) is 45.4. The average molecular weight is 847 g/mol. The van der Waals surface area contributed by atoms with Crippen LogP contribution in [0.5, 0.6) is 0 Å². The Morgan fingerprint density at radius 2 is 0.966 bits per heavy atom. The summed E-state index contributed by atoms with van der Waals surface area (Å²) in [5.41, 5.74) is 16.8. The van der Waals surface area contributed by atoms with Crippen molar-refractivity contribution in [2.45, 2.75) is 147 Å². The molecular weight excluding hydrogens is 780 g/mol. The summed E-state index contributed by atoms with van der Waals surface area (Å²) in [6.45, 7) is 6.96. The number of unbranched alkanes of at least 4 members (excludes halogenated alkanes) is 2. The summed E-state index contributed by atoms with van der Waals surface area (Å²) in [6.07, 6.45) is 0.0468. The van der Waals surface area contributed by atoms with Crippen molar-refractivity contribution >= 4 is 53.3 Å². The molecule has 7 amide bonds. The third kappa shape index (κ3) is 21.6. The maximum atomic E-state index is 13.5. The van der Waals surface area contributed by atoms with E-state index in [1.54, 1.807) is 13.8 Å². The normalized spacial score (nSPS) is 15.7. The summed E-state index contributed by atoms with van der Waals surface area (Å²) in [4.78, 5) is 114. The van der Waals surface area contributed by atoms with Crippen molar-refractivity contribution in [3.8, 4) is 0 Å². The van der Waals surface area contributed by atoms with Crippen LogP contribution in [0.4, 0.5) is 0 Å². The molecule has 0 aromatic carbocycles. The summed E-state index contributed by atoms with van der Waals surface area (Å²) < 4.78 is 0. The Morgan fingerprint density at radius 3 is 1.44 bits per heavy atom. The second kappa shape index (κ2) is 28.5. The highest BCUT2D eigenvalue weighted by atomic mass is 16.4. The van der Waals surface area contributed by atoms with Crippen molar-refractivity contribution in [3.63, 3.8) is 0 Å². The van der Waals surface area contributed by atoms with Gasteiger partial charge in [0.2, 0.25) is 41.4 Å². The first-order valence-corrected chi connectivity index (χ1v) is 19.6. The van der Waals surface area contributed by atoms with E-state index in [1.807, 2.05) is 0 Å². The van der Waals surface area contributed by atoms with Crippen molar-refractivity contribution in [2.24, 2.45) is 23.1 Å². The summed E-state index contributed by atoms with van der Waals surface area (Å²) in [5, 5.41) is 55.0. The quantitative estimate of drug-likeness (QED) is 0.0302. The van der Waals surface area contributed by atoms with Gasteiger partial charge in [0.25, 0.3) is 0 Å². The number of hydrogen-bond acceptors (Lipinski definition) is 14. The molecule has 0 aromatic heterocycles. The first kappa shape index (κ1) is 54.0. The minimum absolute atomic E-state index is 0.0974. The molecule has 0 bridgehead atoms. The molecule has 0 aromatic rings. The Hall–Kier alpha value is -4.97. The Kier molecular flexibility index (Phi) is 26.1. The van der Waals surface area contributed by atoms with Gasteiger partial charge in [0.15, 0.2) is 0 Å². The molecule has 23 nitrogen and oxygen atoms in total. The van der Waals surface area contributed by atoms with Crippen LogP contribution in [0, 0.1) is 5.92 Å². The standard InChI is InChI=1S/C36H66N10O13/c1-18(2)16-25(33(55)43-24(36(58)59)11-7-9-15-38)44-32(54)23(10-6-8-14-37)42-30(52)20(4)40-29(51)19(3)41-34(56)26(17-47)45-35(57)28(21(5)48)46-31(53)22(39)12-13-27(49)50/h18-26,28,47-48H,6-17,37-39H2,1-5H3,(H,40,51)(H,41,56)(H,42,52)(H,43,55)(H,44,54)(H,45,57)(H,46,53)(H,49,50)(H,58,59). The van der Waals surface area contributed by atoms with E-state index in [0.717, 1.165) is 6.92 Å². The molecule has 0 aliphatic carbocycles. The van der Waals surface area contributed by atoms with E-state index in [-0.39, 0.29) is 31.6 Å². The summed E-state index contributed by atoms with van der Waals surface area (Å²) in [5.74, 6) is -8.83. The molecule has 338 valence electrons. The van der Waals surface area contributed by atoms with Crippen LogP contribution in [0.1, 0.15) is 92.4 Å². The number of carbonyl (C=O) groups excluding carboxylic acids is 7. The molecule has 0 heterocycles. The van der Waals surface area contributed by atoms with Gasteiger partial charge in [-0.05, 0) is 91.1 Å². The van der Waals surface area contributed by atoms with Gasteiger partial charge in [0.05, 0.1) is 18.8 Å². The molecule has 0 saturated heterocycles. The fourth-order valence-corrected chi connectivity index (χ4v) is 5.37. The molecular formula is C36H66N10O13. The summed E-state index contributed by atoms with van der Waals surface area (Å²) in [7, 11) is 0. The molecule has 17 N–H and O–H groups in total. The number of carboxylic acids is 2. The Balaban J connectivity index is 5.67. The zero-order valence-electron chi connectivity index (χ0n) is 34.5. The van der Waals surface area contributed by atoms with E-state index in [9.17, 15) is 58.5 Å². The van der Waals surface area contributed by atoms with Crippen LogP contribution >= 0.6 is 0 Å². The number of carboxylic acid groups (broad SMARTS) is 2. The lowest BCUT2D eigenvalue weighted by Crippen LogP contribution is -2.61. The van der Waals surface area contributed by atoms with E-state index in [0.29, 0.717) is 38.8 Å². The van der Waals surface area contributed by atoms with Gasteiger partial charge in [-0.1, -0.05) is 13.8 Å². The molecule has 0 aliphatic heterocycles. The lowest BCUT2D eigenvalue weighted by molar-refractivity contribution is -0.142. The molecule has 59 heavy (non-hydrogen) atoms. The molecule has 0 radical (unpaired) electrons. The largest absolute Gasteiger partial charge is 0.481 e. The highest BCUT2D eigenvalue weighted by Gasteiger charge is 2.34. The first-order valence-electron chi connectivity index (χ1n) is 19.6. The third-order valence-corrected chi connectivity index (χ3v) is 8.87. The number of aliphatic hydroxyl groups excluding tert-OH is 2. The minimum atomic E-state index is -1.68. The lowest BCUT2D eigenvalue weighted by Gasteiger charge is -2.27. The number of rotatable bonds is 30. The predicted octanol–water partition coefficient (Wildman–Crippen LogP) is -4.63. The zero-order valence-corrected chi connectivity index (χ0v) is 34.5. The number of aliphatic carboxylic acids is 2. The number of aliphatic hydroxyl groups is 2. The number of carbonyl (C=O) groups is 9. The van der Waals surface area contributed by atoms with Gasteiger partial charge in [0, 0.05) is 6.42 Å². The van der Waals surface area contributed by atoms with E-state index in [2.05, 4.69) is 37.2 Å². The topological polar surface area (TPSA) is 397 Å². The van der Waals surface area contributed by atoms with Crippen LogP contribution in [0.2, 0.25) is 0 Å². The van der Waals surface area contributed by atoms with Crippen LogP contribution in [0.25, 0.3) is 0 Å². The smallest absolute Gasteiger partial charge is 0.326 e. The van der Waals surface area contributed by atoms with Crippen LogP contribution in [-0.4, -0.2) is 148 Å². The van der Waals surface area contributed by atoms with Crippen molar-refractivity contribution in [2.75, 3.05) is 19.7 Å². The molecule has 0 aliphatic rings. The van der Waals surface area contributed by atoms with Crippen molar-refractivity contribution in [1.29, 1.82) is 0 Å². The molecule has 23 heteroatoms. The SMILES string of the molecule is CC(C)CC(NC(=O)C(CCCCN)NC(=O)C(C)NC(=O)C(C)NC(=O)C(CO)NC(=O)C(NC(=O)C(N)CCC(=O)O)C(C)O)C(=O)NC(CCCCN)C(=O)O. The molecule has 9 unspecified atom stereocenters. The second-order valence-corrected chi connectivity index (χ2v) is 14.7. The van der Waals surface area contributed by atoms with Gasteiger partial charge in [0.1, 0.15) is 42.3 Å². The summed E-state index contributed by atoms with van der Waals surface area (Å²) >= 11 is 0. The maximum absolute atomic E-state index is 13.5. The van der Waals surface area contributed by atoms with Crippen LogP contribution in [-0.2, 0) is 43.2 Å². The molecule has 0 fully saturated rings. The van der Waals surface area contributed by atoms with Crippen molar-refractivity contribution in [3.05, 3.63) is 0 Å². The number of hydrogen-bond donors (Lipinski definition) is 14. The molecule has 9 atom stereocenters. The number of amides is 7. The monoisotopic (exact) mass is 846 g/mol. The third-order valence-electron chi connectivity index (χ3n) is 8.87. The van der Waals surface area contributed by atoms with Gasteiger partial charge >= 0.3 is 11.9 Å². The molecule has 0 saturated carbocycles. The Bertz CT molecular complexity index is 1420. The van der Waals surface area contributed by atoms with Crippen LogP contribution in [0.3, 0.4) is 0 Å². The van der Waals surface area contributed by atoms with E-state index in [4.69, 9.17) is 22.3 Å². The average Bonchev–Trinajstić information content (AvgIpc) is 3.15. The Labute approximate surface area is 343 Å². The predicted molar refractivity (Wildman–Crippen MR) is 211 cm³/mol. The second-order valence-electron chi connectivity index (χ2n) is 14.7. The van der Waals surface area contributed by atoms with E-state index >= 15 is 0 Å². The van der Waals surface area contributed by atoms with Gasteiger partial charge < -0.3 is 74.8 Å². The van der Waals surface area contributed by atoms with Gasteiger partial charge in [-0.3, -0.25) is 38.4 Å². The van der Waals surface area contributed by atoms with Gasteiger partial charge in [-0.15, -0.1) is 0 Å². The lowest BCUT2D eigenvalue weighted by atomic mass is 10.0. The highest BCUT2D eigenvalue weighted by Crippen LogP contribution is 2.10. The van der Waals surface area contributed by atoms with Crippen molar-refractivity contribution < 1.29 is 63.6 Å². The molecule has 0 rings (SSSR count). The fraction of sp³-hybridized carbons (Fsp3) is 0.750. The fourth-order valence-electron chi connectivity index (χ4n) is 5.37. The maximum Gasteiger partial charge on any atom is 0.326 e. The van der Waals surface area contributed by atoms with Gasteiger partial charge in [-0.2, -0.15) is 0 Å². The van der Waals surface area contributed by atoms with E-state index < -0.39 is 121 Å². The van der Waals surface area contributed by atoms with Crippen molar-refractivity contribution in [1.82, 2.24) is 37.2 Å². The molecule has 0 spiro atoms. The van der Waals surface area contributed by atoms with Gasteiger partial charge in [-0.25, -0.2) is 4.79 Å². The van der Waals surface area contributed by atoms with Crippen LogP contribution < -0.4 is 54.4 Å². The Morgan fingerprint density at radius 1 is 0.525 bits per heavy atom. The highest BCUT2D eigenvalue weighted by molar-refractivity contribution is 5.97. The summed E-state index contributed by atoms with van der Waals surface area (Å²) in [6, 6.07) is -10.9. The van der Waals surface area contributed by atoms with E-state index in [1.165, 1.54) is 13.8 Å².